The minimum absolute atomic E-state index is 0.608. The summed E-state index contributed by atoms with van der Waals surface area (Å²) < 4.78 is 6.59. The zero-order chi connectivity index (χ0) is 32.3. The third-order valence-electron chi connectivity index (χ3n) is 9.27. The first kappa shape index (κ1) is 27.3. The summed E-state index contributed by atoms with van der Waals surface area (Å²) >= 11 is 0. The molecule has 0 fully saturated rings. The number of benzene rings is 5. The standard InChI is InChI=1S/C42H27N7/c1-4-17-37-33(14-1)34-15-2-5-18-38(34)47(37)30-11-7-12-31(25-30)48-39-19-6-3-16-35(39)36-24-28(20-21-40(36)48)42-45-41(29-10-8-22-43-26-29)46-49(42)32-13-9-23-44-27-32/h1-27H. The lowest BCUT2D eigenvalue weighted by molar-refractivity contribution is 0.883. The highest BCUT2D eigenvalue weighted by atomic mass is 15.4. The van der Waals surface area contributed by atoms with Crippen LogP contribution >= 0.6 is 0 Å². The molecule has 0 radical (unpaired) electrons. The van der Waals surface area contributed by atoms with Gasteiger partial charge in [-0.15, -0.1) is 5.10 Å². The molecule has 5 aromatic heterocycles. The molecule has 49 heavy (non-hydrogen) atoms. The molecular weight excluding hydrogens is 603 g/mol. The molecule has 0 amide bonds. The maximum Gasteiger partial charge on any atom is 0.183 e. The van der Waals surface area contributed by atoms with Crippen LogP contribution in [0.2, 0.25) is 0 Å². The summed E-state index contributed by atoms with van der Waals surface area (Å²) in [4.78, 5) is 13.7. The average Bonchev–Trinajstić information content (AvgIpc) is 3.86. The van der Waals surface area contributed by atoms with E-state index in [1.54, 1.807) is 24.8 Å². The van der Waals surface area contributed by atoms with E-state index in [0.717, 1.165) is 50.4 Å². The molecule has 0 bridgehead atoms. The Morgan fingerprint density at radius 2 is 0.980 bits per heavy atom. The van der Waals surface area contributed by atoms with Gasteiger partial charge in [-0.2, -0.15) is 0 Å². The van der Waals surface area contributed by atoms with Crippen LogP contribution in [0.25, 0.3) is 83.4 Å². The molecule has 5 aromatic carbocycles. The van der Waals surface area contributed by atoms with Gasteiger partial charge in [-0.05, 0) is 78.9 Å². The van der Waals surface area contributed by atoms with Gasteiger partial charge in [-0.1, -0.05) is 60.7 Å². The van der Waals surface area contributed by atoms with Crippen LogP contribution in [-0.2, 0) is 0 Å². The Labute approximate surface area is 281 Å². The fourth-order valence-corrected chi connectivity index (χ4v) is 7.14. The molecule has 0 aliphatic heterocycles. The number of fused-ring (bicyclic) bond motifs is 6. The first-order valence-electron chi connectivity index (χ1n) is 16.2. The Hall–Kier alpha value is -6.86. The van der Waals surface area contributed by atoms with Crippen molar-refractivity contribution in [1.82, 2.24) is 33.9 Å². The summed E-state index contributed by atoms with van der Waals surface area (Å²) in [6.07, 6.45) is 7.11. The Morgan fingerprint density at radius 3 is 1.59 bits per heavy atom. The first-order valence-corrected chi connectivity index (χ1v) is 16.2. The molecule has 10 rings (SSSR count). The van der Waals surface area contributed by atoms with Crippen LogP contribution in [0.3, 0.4) is 0 Å². The zero-order valence-electron chi connectivity index (χ0n) is 26.2. The maximum absolute atomic E-state index is 5.04. The SMILES string of the molecule is c1cncc(-c2nc(-c3ccc4c(c3)c3ccccc3n4-c3cccc(-n4c5ccccc5c5ccccc54)c3)n(-c3cccnc3)n2)c1. The highest BCUT2D eigenvalue weighted by molar-refractivity contribution is 6.11. The lowest BCUT2D eigenvalue weighted by Gasteiger charge is -2.13. The van der Waals surface area contributed by atoms with Crippen LogP contribution in [0.15, 0.2) is 164 Å². The van der Waals surface area contributed by atoms with E-state index in [2.05, 4.69) is 134 Å². The van der Waals surface area contributed by atoms with Gasteiger partial charge in [0.1, 0.15) is 0 Å². The maximum atomic E-state index is 5.04. The Morgan fingerprint density at radius 1 is 0.408 bits per heavy atom. The molecular formula is C42H27N7. The molecule has 0 saturated carbocycles. The molecule has 0 unspecified atom stereocenters. The number of hydrogen-bond acceptors (Lipinski definition) is 4. The number of nitrogens with zero attached hydrogens (tertiary/aromatic N) is 7. The molecule has 0 aliphatic carbocycles. The Kier molecular flexibility index (Phi) is 6.04. The van der Waals surface area contributed by atoms with Crippen molar-refractivity contribution in [3.05, 3.63) is 164 Å². The van der Waals surface area contributed by atoms with Crippen molar-refractivity contribution in [2.24, 2.45) is 0 Å². The van der Waals surface area contributed by atoms with Crippen LogP contribution in [0.5, 0.6) is 0 Å². The van der Waals surface area contributed by atoms with Crippen LogP contribution in [0, 0.1) is 0 Å². The van der Waals surface area contributed by atoms with Crippen LogP contribution < -0.4 is 0 Å². The minimum atomic E-state index is 0.608. The van der Waals surface area contributed by atoms with E-state index >= 15 is 0 Å². The number of hydrogen-bond donors (Lipinski definition) is 0. The number of rotatable bonds is 5. The second-order valence-electron chi connectivity index (χ2n) is 12.1. The largest absolute Gasteiger partial charge is 0.309 e. The normalized spacial score (nSPS) is 11.7. The fourth-order valence-electron chi connectivity index (χ4n) is 7.14. The monoisotopic (exact) mass is 629 g/mol. The lowest BCUT2D eigenvalue weighted by Crippen LogP contribution is -2.00. The Bertz CT molecular complexity index is 2770. The first-order chi connectivity index (χ1) is 24.3. The average molecular weight is 630 g/mol. The summed E-state index contributed by atoms with van der Waals surface area (Å²) in [6, 6.07) is 49.0. The van der Waals surface area contributed by atoms with Gasteiger partial charge in [-0.25, -0.2) is 9.67 Å². The van der Waals surface area contributed by atoms with Crippen molar-refractivity contribution in [3.63, 3.8) is 0 Å². The highest BCUT2D eigenvalue weighted by Crippen LogP contribution is 2.37. The van der Waals surface area contributed by atoms with E-state index in [4.69, 9.17) is 10.1 Å². The number of pyridine rings is 2. The van der Waals surface area contributed by atoms with E-state index in [9.17, 15) is 0 Å². The number of aromatic nitrogens is 7. The smallest absolute Gasteiger partial charge is 0.183 e. The van der Waals surface area contributed by atoms with Crippen LogP contribution in [0.4, 0.5) is 0 Å². The summed E-state index contributed by atoms with van der Waals surface area (Å²) in [5.74, 6) is 1.34. The van der Waals surface area contributed by atoms with Gasteiger partial charge in [0.2, 0.25) is 0 Å². The van der Waals surface area contributed by atoms with Crippen LogP contribution in [-0.4, -0.2) is 33.9 Å². The zero-order valence-corrected chi connectivity index (χ0v) is 26.2. The summed E-state index contributed by atoms with van der Waals surface area (Å²) in [5.41, 5.74) is 9.49. The molecule has 5 heterocycles. The van der Waals surface area contributed by atoms with Gasteiger partial charge in [0.25, 0.3) is 0 Å². The summed E-state index contributed by atoms with van der Waals surface area (Å²) in [6.45, 7) is 0. The molecule has 230 valence electrons. The van der Waals surface area contributed by atoms with Gasteiger partial charge in [0, 0.05) is 62.6 Å². The quantitative estimate of drug-likeness (QED) is 0.190. The van der Waals surface area contributed by atoms with Gasteiger partial charge < -0.3 is 9.13 Å². The number of para-hydroxylation sites is 3. The van der Waals surface area contributed by atoms with Gasteiger partial charge in [0.15, 0.2) is 11.6 Å². The van der Waals surface area contributed by atoms with Gasteiger partial charge in [-0.3, -0.25) is 9.97 Å². The van der Waals surface area contributed by atoms with Gasteiger partial charge >= 0.3 is 0 Å². The fraction of sp³-hybridized carbons (Fsp3) is 0. The third-order valence-corrected chi connectivity index (χ3v) is 9.27. The van der Waals surface area contributed by atoms with Crippen molar-refractivity contribution < 1.29 is 0 Å². The van der Waals surface area contributed by atoms with Crippen molar-refractivity contribution in [3.8, 4) is 39.8 Å². The van der Waals surface area contributed by atoms with Crippen LogP contribution in [0.1, 0.15) is 0 Å². The molecule has 0 saturated heterocycles. The predicted molar refractivity (Wildman–Crippen MR) is 196 cm³/mol. The van der Waals surface area contributed by atoms with E-state index in [1.807, 2.05) is 28.9 Å². The molecule has 7 nitrogen and oxygen atoms in total. The van der Waals surface area contributed by atoms with Crippen molar-refractivity contribution >= 4 is 43.6 Å². The molecule has 10 aromatic rings. The molecule has 0 spiro atoms. The second-order valence-corrected chi connectivity index (χ2v) is 12.1. The van der Waals surface area contributed by atoms with Crippen molar-refractivity contribution in [2.45, 2.75) is 0 Å². The molecule has 0 aliphatic rings. The summed E-state index contributed by atoms with van der Waals surface area (Å²) in [5, 5.41) is 9.72. The van der Waals surface area contributed by atoms with E-state index in [-0.39, 0.29) is 0 Å². The predicted octanol–water partition coefficient (Wildman–Crippen LogP) is 9.59. The summed E-state index contributed by atoms with van der Waals surface area (Å²) in [7, 11) is 0. The van der Waals surface area contributed by atoms with E-state index in [1.165, 1.54) is 27.2 Å². The van der Waals surface area contributed by atoms with Gasteiger partial charge in [0.05, 0.1) is 34.0 Å². The van der Waals surface area contributed by atoms with E-state index < -0.39 is 0 Å². The lowest BCUT2D eigenvalue weighted by atomic mass is 10.1. The molecule has 0 atom stereocenters. The minimum Gasteiger partial charge on any atom is -0.309 e. The van der Waals surface area contributed by atoms with E-state index in [0.29, 0.717) is 5.82 Å². The Balaban J connectivity index is 1.17. The van der Waals surface area contributed by atoms with Crippen molar-refractivity contribution in [1.29, 1.82) is 0 Å². The highest BCUT2D eigenvalue weighted by Gasteiger charge is 2.19. The second kappa shape index (κ2) is 10.9. The molecule has 0 N–H and O–H groups in total. The topological polar surface area (TPSA) is 66.3 Å². The molecule has 7 heteroatoms. The third kappa shape index (κ3) is 4.29. The van der Waals surface area contributed by atoms with Crippen molar-refractivity contribution in [2.75, 3.05) is 0 Å².